The zero-order valence-corrected chi connectivity index (χ0v) is 12.8. The molecule has 0 radical (unpaired) electrons. The second-order valence-electron chi connectivity index (χ2n) is 6.25. The highest BCUT2D eigenvalue weighted by atomic mass is 32.1. The monoisotopic (exact) mass is 298 g/mol. The molecular formula is C17H18N2OS. The maximum atomic E-state index is 12.3. The second-order valence-corrected chi connectivity index (χ2v) is 7.31. The quantitative estimate of drug-likeness (QED) is 0.926. The SMILES string of the molecule is Cc1nc(-c2cccc(NC(=O)C3CC4CC4C3)c2)cs1. The summed E-state index contributed by atoms with van der Waals surface area (Å²) in [5.41, 5.74) is 2.92. The molecule has 2 atom stereocenters. The lowest BCUT2D eigenvalue weighted by Crippen LogP contribution is -2.21. The van der Waals surface area contributed by atoms with Gasteiger partial charge in [0.15, 0.2) is 0 Å². The summed E-state index contributed by atoms with van der Waals surface area (Å²) < 4.78 is 0. The highest BCUT2D eigenvalue weighted by Gasteiger charge is 2.47. The number of nitrogens with one attached hydrogen (secondary N) is 1. The van der Waals surface area contributed by atoms with E-state index >= 15 is 0 Å². The molecule has 2 saturated carbocycles. The van der Waals surface area contributed by atoms with Crippen LogP contribution in [0.5, 0.6) is 0 Å². The van der Waals surface area contributed by atoms with Crippen molar-refractivity contribution >= 4 is 22.9 Å². The molecule has 2 fully saturated rings. The molecule has 0 spiro atoms. The fraction of sp³-hybridized carbons (Fsp3) is 0.412. The van der Waals surface area contributed by atoms with Gasteiger partial charge in [0.05, 0.1) is 10.7 Å². The molecule has 2 aliphatic carbocycles. The van der Waals surface area contributed by atoms with Gasteiger partial charge in [-0.15, -0.1) is 11.3 Å². The molecule has 0 bridgehead atoms. The van der Waals surface area contributed by atoms with E-state index in [-0.39, 0.29) is 11.8 Å². The fourth-order valence-electron chi connectivity index (χ4n) is 3.43. The summed E-state index contributed by atoms with van der Waals surface area (Å²) in [7, 11) is 0. The van der Waals surface area contributed by atoms with Crippen LogP contribution < -0.4 is 5.32 Å². The zero-order chi connectivity index (χ0) is 14.4. The molecule has 2 aliphatic rings. The van der Waals surface area contributed by atoms with Gasteiger partial charge in [0.25, 0.3) is 0 Å². The van der Waals surface area contributed by atoms with Crippen LogP contribution in [0.1, 0.15) is 24.3 Å². The Hall–Kier alpha value is -1.68. The van der Waals surface area contributed by atoms with Crippen LogP contribution in [-0.4, -0.2) is 10.9 Å². The van der Waals surface area contributed by atoms with Crippen LogP contribution in [0.2, 0.25) is 0 Å². The predicted octanol–water partition coefficient (Wildman–Crippen LogP) is 4.10. The molecule has 0 aliphatic heterocycles. The van der Waals surface area contributed by atoms with Crippen molar-refractivity contribution in [2.75, 3.05) is 5.32 Å². The van der Waals surface area contributed by atoms with Crippen molar-refractivity contribution < 1.29 is 4.79 Å². The number of hydrogen-bond donors (Lipinski definition) is 1. The van der Waals surface area contributed by atoms with Gasteiger partial charge in [-0.2, -0.15) is 0 Å². The van der Waals surface area contributed by atoms with Crippen molar-refractivity contribution in [1.29, 1.82) is 0 Å². The highest BCUT2D eigenvalue weighted by molar-refractivity contribution is 7.09. The summed E-state index contributed by atoms with van der Waals surface area (Å²) in [5.74, 6) is 2.09. The van der Waals surface area contributed by atoms with Crippen LogP contribution in [0.15, 0.2) is 29.6 Å². The van der Waals surface area contributed by atoms with Crippen molar-refractivity contribution in [3.8, 4) is 11.3 Å². The van der Waals surface area contributed by atoms with E-state index in [4.69, 9.17) is 0 Å². The molecule has 21 heavy (non-hydrogen) atoms. The fourth-order valence-corrected chi connectivity index (χ4v) is 4.05. The van der Waals surface area contributed by atoms with Crippen LogP contribution >= 0.6 is 11.3 Å². The maximum absolute atomic E-state index is 12.3. The van der Waals surface area contributed by atoms with E-state index in [1.807, 2.05) is 31.2 Å². The third-order valence-corrected chi connectivity index (χ3v) is 5.43. The van der Waals surface area contributed by atoms with Crippen molar-refractivity contribution in [1.82, 2.24) is 4.98 Å². The Labute approximate surface area is 128 Å². The first-order valence-corrected chi connectivity index (χ1v) is 8.40. The first kappa shape index (κ1) is 13.0. The number of carbonyl (C=O) groups is 1. The standard InChI is InChI=1S/C17H18N2OS/c1-10-18-16(9-21-10)11-3-2-4-15(8-11)19-17(20)14-6-12-5-13(12)7-14/h2-4,8-9,12-14H,5-7H2,1H3,(H,19,20). The van der Waals surface area contributed by atoms with Gasteiger partial charge >= 0.3 is 0 Å². The Morgan fingerprint density at radius 3 is 2.81 bits per heavy atom. The van der Waals surface area contributed by atoms with Gasteiger partial charge in [-0.25, -0.2) is 4.98 Å². The van der Waals surface area contributed by atoms with Gasteiger partial charge in [-0.1, -0.05) is 12.1 Å². The lowest BCUT2D eigenvalue weighted by atomic mass is 10.0. The van der Waals surface area contributed by atoms with Gasteiger partial charge < -0.3 is 5.32 Å². The summed E-state index contributed by atoms with van der Waals surface area (Å²) in [5, 5.41) is 6.19. The van der Waals surface area contributed by atoms with E-state index in [2.05, 4.69) is 15.7 Å². The summed E-state index contributed by atoms with van der Waals surface area (Å²) in [6.45, 7) is 2.01. The van der Waals surface area contributed by atoms with Crippen molar-refractivity contribution in [3.05, 3.63) is 34.7 Å². The lowest BCUT2D eigenvalue weighted by Gasteiger charge is -2.12. The molecule has 1 N–H and O–H groups in total. The number of aromatic nitrogens is 1. The molecule has 1 amide bonds. The number of rotatable bonds is 3. The molecule has 1 aromatic heterocycles. The van der Waals surface area contributed by atoms with Crippen molar-refractivity contribution in [2.24, 2.45) is 17.8 Å². The van der Waals surface area contributed by atoms with Gasteiger partial charge in [0.2, 0.25) is 5.91 Å². The lowest BCUT2D eigenvalue weighted by molar-refractivity contribution is -0.120. The van der Waals surface area contributed by atoms with Crippen molar-refractivity contribution in [3.63, 3.8) is 0 Å². The summed E-state index contributed by atoms with van der Waals surface area (Å²) in [4.78, 5) is 16.8. The number of hydrogen-bond acceptors (Lipinski definition) is 3. The van der Waals surface area contributed by atoms with E-state index in [1.54, 1.807) is 11.3 Å². The Balaban J connectivity index is 1.49. The van der Waals surface area contributed by atoms with Gasteiger partial charge in [-0.3, -0.25) is 4.79 Å². The molecule has 108 valence electrons. The van der Waals surface area contributed by atoms with Crippen LogP contribution in [0.4, 0.5) is 5.69 Å². The minimum absolute atomic E-state index is 0.189. The van der Waals surface area contributed by atoms with Crippen LogP contribution in [-0.2, 0) is 4.79 Å². The number of nitrogens with zero attached hydrogens (tertiary/aromatic N) is 1. The summed E-state index contributed by atoms with van der Waals surface area (Å²) in [6, 6.07) is 7.99. The smallest absolute Gasteiger partial charge is 0.227 e. The number of aryl methyl sites for hydroxylation is 1. The number of carbonyl (C=O) groups excluding carboxylic acids is 1. The average Bonchev–Trinajstić information content (AvgIpc) is 2.88. The number of amides is 1. The Kier molecular flexibility index (Phi) is 3.07. The number of fused-ring (bicyclic) bond motifs is 1. The molecule has 1 heterocycles. The number of thiazole rings is 1. The maximum Gasteiger partial charge on any atom is 0.227 e. The van der Waals surface area contributed by atoms with Gasteiger partial charge in [0, 0.05) is 22.5 Å². The summed E-state index contributed by atoms with van der Waals surface area (Å²) in [6.07, 6.45) is 3.52. The molecule has 1 aromatic carbocycles. The highest BCUT2D eigenvalue weighted by Crippen LogP contribution is 2.54. The number of benzene rings is 1. The Morgan fingerprint density at radius 1 is 1.29 bits per heavy atom. The summed E-state index contributed by atoms with van der Waals surface area (Å²) >= 11 is 1.65. The van der Waals surface area contributed by atoms with Crippen LogP contribution in [0, 0.1) is 24.7 Å². The van der Waals surface area contributed by atoms with Gasteiger partial charge in [-0.05, 0) is 50.2 Å². The second kappa shape index (κ2) is 4.95. The third-order valence-electron chi connectivity index (χ3n) is 4.66. The number of anilines is 1. The van der Waals surface area contributed by atoms with E-state index in [9.17, 15) is 4.79 Å². The normalized spacial score (nSPS) is 26.4. The molecule has 2 unspecified atom stereocenters. The molecule has 2 aromatic rings. The molecule has 4 heteroatoms. The zero-order valence-electron chi connectivity index (χ0n) is 12.0. The molecular weight excluding hydrogens is 280 g/mol. The molecule has 3 nitrogen and oxygen atoms in total. The van der Waals surface area contributed by atoms with E-state index in [0.29, 0.717) is 0 Å². The molecule has 0 saturated heterocycles. The van der Waals surface area contributed by atoms with E-state index in [0.717, 1.165) is 46.6 Å². The van der Waals surface area contributed by atoms with E-state index < -0.39 is 0 Å². The van der Waals surface area contributed by atoms with Crippen molar-refractivity contribution in [2.45, 2.75) is 26.2 Å². The minimum Gasteiger partial charge on any atom is -0.326 e. The van der Waals surface area contributed by atoms with E-state index in [1.165, 1.54) is 6.42 Å². The predicted molar refractivity (Wildman–Crippen MR) is 85.2 cm³/mol. The minimum atomic E-state index is 0.189. The topological polar surface area (TPSA) is 42.0 Å². The largest absolute Gasteiger partial charge is 0.326 e. The third kappa shape index (κ3) is 2.60. The Bertz CT molecular complexity index is 684. The first-order chi connectivity index (χ1) is 10.2. The Morgan fingerprint density at radius 2 is 2.10 bits per heavy atom. The molecule has 4 rings (SSSR count). The van der Waals surface area contributed by atoms with Gasteiger partial charge in [0.1, 0.15) is 0 Å². The first-order valence-electron chi connectivity index (χ1n) is 7.52. The van der Waals surface area contributed by atoms with Crippen LogP contribution in [0.3, 0.4) is 0 Å². The van der Waals surface area contributed by atoms with Crippen LogP contribution in [0.25, 0.3) is 11.3 Å². The average molecular weight is 298 g/mol.